The Morgan fingerprint density at radius 2 is 2.12 bits per heavy atom. The number of carbonyl (C=O) groups excluding carboxylic acids is 1. The van der Waals surface area contributed by atoms with Crippen LogP contribution in [0.3, 0.4) is 0 Å². The number of carbonyl (C=O) groups is 2. The fourth-order valence-corrected chi connectivity index (χ4v) is 3.11. The van der Waals surface area contributed by atoms with E-state index in [1.165, 1.54) is 4.90 Å². The van der Waals surface area contributed by atoms with Crippen molar-refractivity contribution in [1.82, 2.24) is 14.7 Å². The number of nitrogens with one attached hydrogen (secondary N) is 1. The van der Waals surface area contributed by atoms with E-state index in [1.807, 2.05) is 6.07 Å². The van der Waals surface area contributed by atoms with E-state index in [1.54, 1.807) is 29.1 Å². The Kier molecular flexibility index (Phi) is 5.15. The van der Waals surface area contributed by atoms with E-state index < -0.39 is 11.9 Å². The van der Waals surface area contributed by atoms with E-state index in [-0.39, 0.29) is 12.6 Å². The molecule has 1 atom stereocenters. The first kappa shape index (κ1) is 17.6. The van der Waals surface area contributed by atoms with Crippen LogP contribution in [-0.4, -0.2) is 44.9 Å². The van der Waals surface area contributed by atoms with Crippen LogP contribution in [0, 0.1) is 5.92 Å². The summed E-state index contributed by atoms with van der Waals surface area (Å²) in [5, 5.41) is 16.9. The van der Waals surface area contributed by atoms with E-state index in [0.29, 0.717) is 35.4 Å². The molecule has 7 nitrogen and oxygen atoms in total. The molecule has 0 spiro atoms. The van der Waals surface area contributed by atoms with E-state index in [0.717, 1.165) is 5.56 Å². The van der Waals surface area contributed by atoms with Gasteiger partial charge in [-0.05, 0) is 18.1 Å². The largest absolute Gasteiger partial charge is 0.481 e. The number of rotatable bonds is 4. The molecule has 2 aromatic rings. The quantitative estimate of drug-likeness (QED) is 0.849. The fourth-order valence-electron chi connectivity index (χ4n) is 2.73. The minimum Gasteiger partial charge on any atom is -0.481 e. The topological polar surface area (TPSA) is 87.5 Å². The number of benzene rings is 1. The minimum atomic E-state index is -0.879. The molecular formula is C16H16Cl2N4O3. The van der Waals surface area contributed by atoms with Gasteiger partial charge in [0.2, 0.25) is 0 Å². The van der Waals surface area contributed by atoms with Crippen molar-refractivity contribution in [2.45, 2.75) is 13.0 Å². The van der Waals surface area contributed by atoms with E-state index in [4.69, 9.17) is 28.3 Å². The molecule has 1 aromatic carbocycles. The Balaban J connectivity index is 1.69. The molecular weight excluding hydrogens is 367 g/mol. The van der Waals surface area contributed by atoms with E-state index in [9.17, 15) is 9.59 Å². The van der Waals surface area contributed by atoms with Crippen LogP contribution in [0.5, 0.6) is 0 Å². The van der Waals surface area contributed by atoms with Crippen LogP contribution in [0.25, 0.3) is 0 Å². The molecule has 0 radical (unpaired) electrons. The number of hydrogen-bond donors (Lipinski definition) is 2. The molecule has 3 rings (SSSR count). The van der Waals surface area contributed by atoms with Crippen molar-refractivity contribution in [3.8, 4) is 0 Å². The maximum atomic E-state index is 12.3. The van der Waals surface area contributed by atoms with Gasteiger partial charge in [-0.15, -0.1) is 0 Å². The second-order valence-electron chi connectivity index (χ2n) is 5.79. The van der Waals surface area contributed by atoms with Crippen molar-refractivity contribution in [2.75, 3.05) is 18.4 Å². The van der Waals surface area contributed by atoms with Gasteiger partial charge < -0.3 is 10.0 Å². The highest BCUT2D eigenvalue weighted by Crippen LogP contribution is 2.27. The van der Waals surface area contributed by atoms with E-state index >= 15 is 0 Å². The zero-order valence-corrected chi connectivity index (χ0v) is 14.7. The van der Waals surface area contributed by atoms with Gasteiger partial charge in [0.15, 0.2) is 0 Å². The number of halogens is 2. The summed E-state index contributed by atoms with van der Waals surface area (Å²) in [6.45, 7) is 0.965. The number of hydrogen-bond acceptors (Lipinski definition) is 3. The Hall–Kier alpha value is -2.25. The number of carboxylic acids is 1. The van der Waals surface area contributed by atoms with Gasteiger partial charge in [0.25, 0.3) is 0 Å². The highest BCUT2D eigenvalue weighted by atomic mass is 35.5. The number of anilines is 1. The van der Waals surface area contributed by atoms with Gasteiger partial charge >= 0.3 is 12.0 Å². The van der Waals surface area contributed by atoms with Gasteiger partial charge in [0, 0.05) is 19.2 Å². The Bertz CT molecular complexity index is 808. The third-order valence-electron chi connectivity index (χ3n) is 4.13. The van der Waals surface area contributed by atoms with Crippen LogP contribution in [0.15, 0.2) is 30.5 Å². The predicted molar refractivity (Wildman–Crippen MR) is 94.1 cm³/mol. The van der Waals surface area contributed by atoms with Gasteiger partial charge in [-0.1, -0.05) is 35.3 Å². The highest BCUT2D eigenvalue weighted by Gasteiger charge is 2.31. The van der Waals surface area contributed by atoms with Crippen molar-refractivity contribution < 1.29 is 14.7 Å². The van der Waals surface area contributed by atoms with Crippen LogP contribution in [0.4, 0.5) is 10.6 Å². The summed E-state index contributed by atoms with van der Waals surface area (Å²) >= 11 is 12.2. The predicted octanol–water partition coefficient (Wildman–Crippen LogP) is 3.18. The van der Waals surface area contributed by atoms with Gasteiger partial charge in [-0.3, -0.25) is 10.1 Å². The van der Waals surface area contributed by atoms with Gasteiger partial charge in [0.05, 0.1) is 28.7 Å². The maximum absolute atomic E-state index is 12.3. The summed E-state index contributed by atoms with van der Waals surface area (Å²) in [5.74, 6) is -0.892. The second-order valence-corrected chi connectivity index (χ2v) is 6.57. The molecule has 2 N–H and O–H groups in total. The molecule has 1 fully saturated rings. The molecule has 0 saturated carbocycles. The standard InChI is InChI=1S/C16H16Cl2N4O3/c17-12-3-1-2-10(14(12)18)9-22-13(4-6-19-22)20-16(25)21-7-5-11(8-21)15(23)24/h1-4,6,11H,5,7-9H2,(H,20,25)(H,23,24). The molecule has 132 valence electrons. The summed E-state index contributed by atoms with van der Waals surface area (Å²) in [4.78, 5) is 24.8. The Morgan fingerprint density at radius 3 is 2.84 bits per heavy atom. The van der Waals surface area contributed by atoms with Crippen molar-refractivity contribution in [2.24, 2.45) is 5.92 Å². The van der Waals surface area contributed by atoms with Gasteiger partial charge in [-0.2, -0.15) is 5.10 Å². The van der Waals surface area contributed by atoms with Crippen LogP contribution < -0.4 is 5.32 Å². The summed E-state index contributed by atoms with van der Waals surface area (Å²) < 4.78 is 1.60. The first-order valence-electron chi connectivity index (χ1n) is 7.69. The summed E-state index contributed by atoms with van der Waals surface area (Å²) in [6.07, 6.45) is 2.03. The minimum absolute atomic E-state index is 0.204. The lowest BCUT2D eigenvalue weighted by Crippen LogP contribution is -2.34. The molecule has 25 heavy (non-hydrogen) atoms. The summed E-state index contributed by atoms with van der Waals surface area (Å²) in [7, 11) is 0. The average molecular weight is 383 g/mol. The van der Waals surface area contributed by atoms with E-state index in [2.05, 4.69) is 10.4 Å². The molecule has 1 aliphatic rings. The highest BCUT2D eigenvalue weighted by molar-refractivity contribution is 6.42. The van der Waals surface area contributed by atoms with Gasteiger partial charge in [-0.25, -0.2) is 9.48 Å². The van der Waals surface area contributed by atoms with Gasteiger partial charge in [0.1, 0.15) is 5.82 Å². The first-order valence-corrected chi connectivity index (χ1v) is 8.44. The summed E-state index contributed by atoms with van der Waals surface area (Å²) in [5.41, 5.74) is 0.778. The Morgan fingerprint density at radius 1 is 1.32 bits per heavy atom. The maximum Gasteiger partial charge on any atom is 0.323 e. The molecule has 1 saturated heterocycles. The molecule has 1 aromatic heterocycles. The molecule has 0 bridgehead atoms. The molecule has 1 aliphatic heterocycles. The number of likely N-dealkylation sites (tertiary alicyclic amines) is 1. The first-order chi connectivity index (χ1) is 12.0. The number of aromatic nitrogens is 2. The molecule has 1 unspecified atom stereocenters. The van der Waals surface area contributed by atoms with Crippen molar-refractivity contribution in [3.05, 3.63) is 46.1 Å². The number of carboxylic acid groups (broad SMARTS) is 1. The Labute approximate surface area is 154 Å². The zero-order valence-electron chi connectivity index (χ0n) is 13.2. The summed E-state index contributed by atoms with van der Waals surface area (Å²) in [6, 6.07) is 6.65. The zero-order chi connectivity index (χ0) is 18.0. The third-order valence-corrected chi connectivity index (χ3v) is 4.99. The fraction of sp³-hybridized carbons (Fsp3) is 0.312. The molecule has 2 heterocycles. The SMILES string of the molecule is O=C(O)C1CCN(C(=O)Nc2ccnn2Cc2cccc(Cl)c2Cl)C1. The molecule has 0 aliphatic carbocycles. The normalized spacial score (nSPS) is 16.9. The van der Waals surface area contributed by atoms with Crippen molar-refractivity contribution in [3.63, 3.8) is 0 Å². The van der Waals surface area contributed by atoms with Crippen LogP contribution in [0.1, 0.15) is 12.0 Å². The molecule has 2 amide bonds. The molecule has 9 heteroatoms. The van der Waals surface area contributed by atoms with Crippen LogP contribution in [-0.2, 0) is 11.3 Å². The number of nitrogens with zero attached hydrogens (tertiary/aromatic N) is 3. The second kappa shape index (κ2) is 7.33. The number of amides is 2. The van der Waals surface area contributed by atoms with Crippen LogP contribution >= 0.6 is 23.2 Å². The lowest BCUT2D eigenvalue weighted by Gasteiger charge is -2.17. The monoisotopic (exact) mass is 382 g/mol. The van der Waals surface area contributed by atoms with Crippen molar-refractivity contribution >= 4 is 41.0 Å². The number of urea groups is 1. The smallest absolute Gasteiger partial charge is 0.323 e. The van der Waals surface area contributed by atoms with Crippen molar-refractivity contribution in [1.29, 1.82) is 0 Å². The lowest BCUT2D eigenvalue weighted by atomic mass is 10.1. The average Bonchev–Trinajstić information content (AvgIpc) is 3.22. The van der Waals surface area contributed by atoms with Crippen LogP contribution in [0.2, 0.25) is 10.0 Å². The number of aliphatic carboxylic acids is 1. The lowest BCUT2D eigenvalue weighted by molar-refractivity contribution is -0.141. The third kappa shape index (κ3) is 3.88.